The van der Waals surface area contributed by atoms with Crippen molar-refractivity contribution in [1.29, 1.82) is 0 Å². The van der Waals surface area contributed by atoms with Gasteiger partial charge < -0.3 is 10.2 Å². The van der Waals surface area contributed by atoms with Gasteiger partial charge in [0.15, 0.2) is 0 Å². The summed E-state index contributed by atoms with van der Waals surface area (Å²) in [6.07, 6.45) is 1.09. The number of rotatable bonds is 5. The topological polar surface area (TPSA) is 40.5 Å². The molecule has 0 aromatic heterocycles. The van der Waals surface area contributed by atoms with Crippen LogP contribution in [0, 0.1) is 5.92 Å². The summed E-state index contributed by atoms with van der Waals surface area (Å²) in [4.78, 5) is 0. The Morgan fingerprint density at radius 3 is 1.44 bits per heavy atom. The minimum atomic E-state index is 0.282. The molecule has 0 bridgehead atoms. The van der Waals surface area contributed by atoms with E-state index in [0.717, 1.165) is 17.5 Å². The van der Waals surface area contributed by atoms with Gasteiger partial charge in [-0.25, -0.2) is 0 Å². The summed E-state index contributed by atoms with van der Waals surface area (Å²) in [7, 11) is 0. The molecule has 0 aliphatic heterocycles. The molecule has 0 aliphatic rings. The standard InChI is InChI=1S/C23H24O2/c1-3-16(2)23(20-10-14-22(25)15-11-20)19-6-4-17(5-7-19)18-8-12-21(24)13-9-18/h4-16,23-25H,3H2,1-2H3. The van der Waals surface area contributed by atoms with E-state index in [4.69, 9.17) is 0 Å². The molecule has 0 saturated carbocycles. The lowest BCUT2D eigenvalue weighted by Gasteiger charge is -2.24. The highest BCUT2D eigenvalue weighted by atomic mass is 16.3. The van der Waals surface area contributed by atoms with E-state index in [1.807, 2.05) is 24.3 Å². The Labute approximate surface area is 149 Å². The molecule has 0 heterocycles. The maximum absolute atomic E-state index is 9.57. The van der Waals surface area contributed by atoms with Crippen LogP contribution in [0.2, 0.25) is 0 Å². The van der Waals surface area contributed by atoms with E-state index >= 15 is 0 Å². The molecule has 0 radical (unpaired) electrons. The predicted molar refractivity (Wildman–Crippen MR) is 103 cm³/mol. The van der Waals surface area contributed by atoms with Crippen molar-refractivity contribution in [3.8, 4) is 22.6 Å². The van der Waals surface area contributed by atoms with E-state index in [9.17, 15) is 10.2 Å². The molecule has 2 heteroatoms. The Morgan fingerprint density at radius 2 is 1.00 bits per heavy atom. The average Bonchev–Trinajstić information content (AvgIpc) is 2.64. The Kier molecular flexibility index (Phi) is 5.08. The lowest BCUT2D eigenvalue weighted by atomic mass is 9.80. The number of phenolic OH excluding ortho intramolecular Hbond substituents is 2. The minimum Gasteiger partial charge on any atom is -0.508 e. The zero-order valence-corrected chi connectivity index (χ0v) is 14.7. The Bertz CT molecular complexity index is 802. The summed E-state index contributed by atoms with van der Waals surface area (Å²) in [5.41, 5.74) is 4.73. The third kappa shape index (κ3) is 3.85. The fourth-order valence-corrected chi connectivity index (χ4v) is 3.30. The molecule has 2 nitrogen and oxygen atoms in total. The van der Waals surface area contributed by atoms with Gasteiger partial charge in [0, 0.05) is 5.92 Å². The van der Waals surface area contributed by atoms with Crippen LogP contribution < -0.4 is 0 Å². The molecule has 128 valence electrons. The summed E-state index contributed by atoms with van der Waals surface area (Å²) < 4.78 is 0. The summed E-state index contributed by atoms with van der Waals surface area (Å²) in [6, 6.07) is 23.5. The fourth-order valence-electron chi connectivity index (χ4n) is 3.30. The third-order valence-corrected chi connectivity index (χ3v) is 4.94. The highest BCUT2D eigenvalue weighted by Gasteiger charge is 2.20. The van der Waals surface area contributed by atoms with E-state index in [1.165, 1.54) is 11.1 Å². The molecule has 0 spiro atoms. The van der Waals surface area contributed by atoms with Gasteiger partial charge in [0.05, 0.1) is 0 Å². The molecule has 2 atom stereocenters. The number of hydrogen-bond acceptors (Lipinski definition) is 2. The quantitative estimate of drug-likeness (QED) is 0.607. The van der Waals surface area contributed by atoms with Crippen molar-refractivity contribution in [1.82, 2.24) is 0 Å². The molecule has 0 fully saturated rings. The molecule has 3 rings (SSSR count). The fraction of sp³-hybridized carbons (Fsp3) is 0.217. The van der Waals surface area contributed by atoms with Crippen LogP contribution >= 0.6 is 0 Å². The lowest BCUT2D eigenvalue weighted by molar-refractivity contribution is 0.472. The molecule has 3 aromatic carbocycles. The highest BCUT2D eigenvalue weighted by molar-refractivity contribution is 5.64. The van der Waals surface area contributed by atoms with Crippen molar-refractivity contribution < 1.29 is 10.2 Å². The van der Waals surface area contributed by atoms with Crippen molar-refractivity contribution >= 4 is 0 Å². The van der Waals surface area contributed by atoms with Crippen LogP contribution in [0.5, 0.6) is 11.5 Å². The molecular weight excluding hydrogens is 308 g/mol. The van der Waals surface area contributed by atoms with Gasteiger partial charge in [0.1, 0.15) is 11.5 Å². The van der Waals surface area contributed by atoms with Gasteiger partial charge in [0.2, 0.25) is 0 Å². The lowest BCUT2D eigenvalue weighted by Crippen LogP contribution is -2.10. The van der Waals surface area contributed by atoms with Gasteiger partial charge in [0.25, 0.3) is 0 Å². The first-order valence-electron chi connectivity index (χ1n) is 8.76. The average molecular weight is 332 g/mol. The second-order valence-electron chi connectivity index (χ2n) is 6.62. The van der Waals surface area contributed by atoms with E-state index in [1.54, 1.807) is 24.3 Å². The van der Waals surface area contributed by atoms with Gasteiger partial charge in [-0.3, -0.25) is 0 Å². The van der Waals surface area contributed by atoms with Crippen molar-refractivity contribution in [2.75, 3.05) is 0 Å². The van der Waals surface area contributed by atoms with Crippen LogP contribution in [-0.2, 0) is 0 Å². The van der Waals surface area contributed by atoms with Gasteiger partial charge in [-0.15, -0.1) is 0 Å². The number of phenols is 2. The zero-order chi connectivity index (χ0) is 17.8. The Morgan fingerprint density at radius 1 is 0.640 bits per heavy atom. The molecule has 0 amide bonds. The zero-order valence-electron chi connectivity index (χ0n) is 14.7. The van der Waals surface area contributed by atoms with Crippen molar-refractivity contribution in [2.24, 2.45) is 5.92 Å². The third-order valence-electron chi connectivity index (χ3n) is 4.94. The van der Waals surface area contributed by atoms with E-state index < -0.39 is 0 Å². The van der Waals surface area contributed by atoms with Crippen LogP contribution in [0.3, 0.4) is 0 Å². The Hall–Kier alpha value is -2.74. The largest absolute Gasteiger partial charge is 0.508 e. The Balaban J connectivity index is 1.93. The van der Waals surface area contributed by atoms with E-state index in [-0.39, 0.29) is 5.75 Å². The number of aromatic hydroxyl groups is 2. The number of benzene rings is 3. The monoisotopic (exact) mass is 332 g/mol. The highest BCUT2D eigenvalue weighted by Crippen LogP contribution is 2.35. The minimum absolute atomic E-state index is 0.282. The SMILES string of the molecule is CCC(C)C(c1ccc(O)cc1)c1ccc(-c2ccc(O)cc2)cc1. The maximum atomic E-state index is 9.57. The molecule has 3 aromatic rings. The first-order chi connectivity index (χ1) is 12.1. The smallest absolute Gasteiger partial charge is 0.115 e. The van der Waals surface area contributed by atoms with Gasteiger partial charge >= 0.3 is 0 Å². The first-order valence-corrected chi connectivity index (χ1v) is 8.76. The molecule has 0 saturated heterocycles. The molecule has 2 N–H and O–H groups in total. The summed E-state index contributed by atoms with van der Waals surface area (Å²) in [5.74, 6) is 1.39. The van der Waals surface area contributed by atoms with Gasteiger partial charge in [-0.1, -0.05) is 68.8 Å². The summed E-state index contributed by atoms with van der Waals surface area (Å²) in [6.45, 7) is 4.48. The second-order valence-corrected chi connectivity index (χ2v) is 6.62. The van der Waals surface area contributed by atoms with Crippen LogP contribution in [0.1, 0.15) is 37.3 Å². The molecule has 25 heavy (non-hydrogen) atoms. The van der Waals surface area contributed by atoms with Crippen LogP contribution in [-0.4, -0.2) is 10.2 Å². The normalized spacial score (nSPS) is 13.4. The van der Waals surface area contributed by atoms with E-state index in [2.05, 4.69) is 38.1 Å². The first kappa shape index (κ1) is 17.1. The van der Waals surface area contributed by atoms with Crippen molar-refractivity contribution in [3.63, 3.8) is 0 Å². The maximum Gasteiger partial charge on any atom is 0.115 e. The molecule has 0 aliphatic carbocycles. The second kappa shape index (κ2) is 7.43. The molecule has 2 unspecified atom stereocenters. The van der Waals surface area contributed by atoms with Gasteiger partial charge in [-0.2, -0.15) is 0 Å². The van der Waals surface area contributed by atoms with Crippen molar-refractivity contribution in [2.45, 2.75) is 26.2 Å². The van der Waals surface area contributed by atoms with Crippen LogP contribution in [0.15, 0.2) is 72.8 Å². The summed E-state index contributed by atoms with van der Waals surface area (Å²) in [5, 5.41) is 19.0. The summed E-state index contributed by atoms with van der Waals surface area (Å²) >= 11 is 0. The van der Waals surface area contributed by atoms with Crippen LogP contribution in [0.4, 0.5) is 0 Å². The van der Waals surface area contributed by atoms with E-state index in [0.29, 0.717) is 17.6 Å². The predicted octanol–water partition coefficient (Wildman–Crippen LogP) is 5.94. The van der Waals surface area contributed by atoms with Gasteiger partial charge in [-0.05, 0) is 52.4 Å². The van der Waals surface area contributed by atoms with Crippen molar-refractivity contribution in [3.05, 3.63) is 83.9 Å². The van der Waals surface area contributed by atoms with Crippen LogP contribution in [0.25, 0.3) is 11.1 Å². The molecular formula is C23H24O2. The number of hydrogen-bond donors (Lipinski definition) is 2.